The van der Waals surface area contributed by atoms with Crippen LogP contribution in [0.1, 0.15) is 5.82 Å². The van der Waals surface area contributed by atoms with Crippen LogP contribution in [0, 0.1) is 6.92 Å². The molecule has 11 rings (SSSR count). The van der Waals surface area contributed by atoms with Crippen LogP contribution >= 0.6 is 11.3 Å². The van der Waals surface area contributed by atoms with Gasteiger partial charge in [0.1, 0.15) is 5.82 Å². The van der Waals surface area contributed by atoms with Gasteiger partial charge >= 0.3 is 0 Å². The summed E-state index contributed by atoms with van der Waals surface area (Å²) in [7, 11) is 0. The maximum atomic E-state index is 5.10. The van der Waals surface area contributed by atoms with Crippen molar-refractivity contribution in [2.75, 3.05) is 0 Å². The first-order valence-corrected chi connectivity index (χ1v) is 18.1. The predicted octanol–water partition coefficient (Wildman–Crippen LogP) is 13.0. The van der Waals surface area contributed by atoms with Crippen LogP contribution in [0.5, 0.6) is 0 Å². The zero-order valence-electron chi connectivity index (χ0n) is 27.8. The number of thiophene rings is 1. The largest absolute Gasteiger partial charge is 0.305 e. The van der Waals surface area contributed by atoms with Gasteiger partial charge in [-0.15, -0.1) is 11.3 Å². The minimum atomic E-state index is 0.751. The molecule has 4 heteroatoms. The summed E-state index contributed by atoms with van der Waals surface area (Å²) in [6, 6.07) is 55.2. The van der Waals surface area contributed by atoms with Crippen molar-refractivity contribution in [1.29, 1.82) is 0 Å². The second kappa shape index (κ2) is 10.8. The zero-order chi connectivity index (χ0) is 33.6. The molecule has 51 heavy (non-hydrogen) atoms. The Morgan fingerprint density at radius 3 is 2.00 bits per heavy atom. The van der Waals surface area contributed by atoms with Gasteiger partial charge in [-0.2, -0.15) is 0 Å². The lowest BCUT2D eigenvalue weighted by Gasteiger charge is -2.15. The lowest BCUT2D eigenvalue weighted by molar-refractivity contribution is 1.02. The van der Waals surface area contributed by atoms with Crippen molar-refractivity contribution in [2.24, 2.45) is 0 Å². The molecule has 3 nitrogen and oxygen atoms in total. The molecule has 238 valence electrons. The molecule has 0 atom stereocenters. The molecular weight excluding hydrogens is 639 g/mol. The van der Waals surface area contributed by atoms with Crippen molar-refractivity contribution in [3.8, 4) is 28.1 Å². The fourth-order valence-corrected chi connectivity index (χ4v) is 9.66. The lowest BCUT2D eigenvalue weighted by atomic mass is 9.93. The van der Waals surface area contributed by atoms with Crippen LogP contribution in [0.3, 0.4) is 0 Å². The molecule has 0 spiro atoms. The van der Waals surface area contributed by atoms with Gasteiger partial charge in [0.25, 0.3) is 0 Å². The summed E-state index contributed by atoms with van der Waals surface area (Å²) >= 11 is 1.92. The Hall–Kier alpha value is -6.36. The van der Waals surface area contributed by atoms with Crippen molar-refractivity contribution in [3.05, 3.63) is 164 Å². The second-order valence-corrected chi connectivity index (χ2v) is 14.4. The highest BCUT2D eigenvalue weighted by atomic mass is 32.1. The smallest absolute Gasteiger partial charge is 0.126 e. The Bertz CT molecular complexity index is 3210. The van der Waals surface area contributed by atoms with Gasteiger partial charge in [0.05, 0.1) is 28.6 Å². The maximum absolute atomic E-state index is 5.10. The molecule has 8 aromatic carbocycles. The van der Waals surface area contributed by atoms with Gasteiger partial charge in [-0.25, -0.2) is 9.97 Å². The van der Waals surface area contributed by atoms with Gasteiger partial charge in [0.2, 0.25) is 0 Å². The molecule has 0 N–H and O–H groups in total. The number of aromatic nitrogens is 3. The summed E-state index contributed by atoms with van der Waals surface area (Å²) in [6.45, 7) is 1.97. The van der Waals surface area contributed by atoms with E-state index in [1.54, 1.807) is 0 Å². The molecule has 0 radical (unpaired) electrons. The number of hydrogen-bond acceptors (Lipinski definition) is 3. The average Bonchev–Trinajstić information content (AvgIpc) is 3.75. The molecule has 0 fully saturated rings. The van der Waals surface area contributed by atoms with Crippen molar-refractivity contribution in [2.45, 2.75) is 6.92 Å². The molecule has 0 amide bonds. The average molecular weight is 668 g/mol. The van der Waals surface area contributed by atoms with E-state index < -0.39 is 0 Å². The Balaban J connectivity index is 1.41. The van der Waals surface area contributed by atoms with E-state index in [4.69, 9.17) is 9.97 Å². The molecular formula is C47H29N3S. The molecule has 11 aromatic rings. The first kappa shape index (κ1) is 28.5. The predicted molar refractivity (Wildman–Crippen MR) is 217 cm³/mol. The number of nitrogens with zero attached hydrogens (tertiary/aromatic N) is 3. The molecule has 0 aliphatic heterocycles. The number of hydrogen-bond donors (Lipinski definition) is 0. The third-order valence-electron chi connectivity index (χ3n) is 10.5. The molecule has 0 saturated carbocycles. The summed E-state index contributed by atoms with van der Waals surface area (Å²) in [5.41, 5.74) is 7.77. The van der Waals surface area contributed by atoms with Crippen LogP contribution in [0.4, 0.5) is 0 Å². The minimum Gasteiger partial charge on any atom is -0.305 e. The SMILES string of the molecule is Cc1ncc(-n2c3ccccc3c3cc(-c4ccc5ccccc5c4)c4sc5c6ccccc6c6ccccc6c5c4c32)c(-c2ccccc2)n1. The van der Waals surface area contributed by atoms with E-state index in [9.17, 15) is 0 Å². The number of aryl methyl sites for hydroxylation is 1. The highest BCUT2D eigenvalue weighted by Crippen LogP contribution is 2.51. The normalized spacial score (nSPS) is 12.0. The van der Waals surface area contributed by atoms with E-state index in [-0.39, 0.29) is 0 Å². The molecule has 0 bridgehead atoms. The van der Waals surface area contributed by atoms with Crippen LogP contribution in [-0.4, -0.2) is 14.5 Å². The zero-order valence-corrected chi connectivity index (χ0v) is 28.6. The highest BCUT2D eigenvalue weighted by Gasteiger charge is 2.25. The fraction of sp³-hybridized carbons (Fsp3) is 0.0213. The van der Waals surface area contributed by atoms with E-state index in [2.05, 4.69) is 156 Å². The van der Waals surface area contributed by atoms with E-state index in [1.807, 2.05) is 24.5 Å². The first-order valence-electron chi connectivity index (χ1n) is 17.3. The number of rotatable bonds is 3. The summed E-state index contributed by atoms with van der Waals surface area (Å²) < 4.78 is 5.04. The molecule has 0 saturated heterocycles. The Morgan fingerprint density at radius 2 is 1.18 bits per heavy atom. The maximum Gasteiger partial charge on any atom is 0.126 e. The molecule has 3 aromatic heterocycles. The standard InChI is InChI=1S/C47H29N3S/c1-28-48-27-41(44(49-28)30-14-3-2-4-15-30)50-40-22-12-11-19-35(40)39-26-38(32-24-23-29-13-5-6-16-31(29)25-32)47-43(45(39)50)42-36-20-9-7-17-33(36)34-18-8-10-21-37(34)46(42)51-47/h2-27H,1H3. The minimum absolute atomic E-state index is 0.751. The third kappa shape index (κ3) is 4.11. The van der Waals surface area contributed by atoms with Crippen LogP contribution < -0.4 is 0 Å². The summed E-state index contributed by atoms with van der Waals surface area (Å²) in [5, 5.41) is 12.6. The number of para-hydroxylation sites is 1. The first-order chi connectivity index (χ1) is 25.2. The van der Waals surface area contributed by atoms with Crippen LogP contribution in [-0.2, 0) is 0 Å². The third-order valence-corrected chi connectivity index (χ3v) is 11.7. The molecule has 0 aliphatic rings. The molecule has 3 heterocycles. The lowest BCUT2D eigenvalue weighted by Crippen LogP contribution is -2.02. The van der Waals surface area contributed by atoms with E-state index in [1.165, 1.54) is 79.9 Å². The fourth-order valence-electron chi connectivity index (χ4n) is 8.27. The van der Waals surface area contributed by atoms with Crippen molar-refractivity contribution in [1.82, 2.24) is 14.5 Å². The van der Waals surface area contributed by atoms with E-state index >= 15 is 0 Å². The molecule has 0 unspecified atom stereocenters. The van der Waals surface area contributed by atoms with Crippen LogP contribution in [0.15, 0.2) is 158 Å². The van der Waals surface area contributed by atoms with Crippen molar-refractivity contribution < 1.29 is 0 Å². The van der Waals surface area contributed by atoms with Crippen molar-refractivity contribution in [3.63, 3.8) is 0 Å². The van der Waals surface area contributed by atoms with Crippen molar-refractivity contribution >= 4 is 85.6 Å². The number of benzene rings is 8. The molecule has 0 aliphatic carbocycles. The van der Waals surface area contributed by atoms with E-state index in [0.717, 1.165) is 28.3 Å². The van der Waals surface area contributed by atoms with E-state index in [0.29, 0.717) is 0 Å². The van der Waals surface area contributed by atoms with Gasteiger partial charge in [0, 0.05) is 47.5 Å². The van der Waals surface area contributed by atoms with Gasteiger partial charge < -0.3 is 4.57 Å². The van der Waals surface area contributed by atoms with Crippen LogP contribution in [0.25, 0.3) is 102 Å². The Labute approximate surface area is 297 Å². The van der Waals surface area contributed by atoms with Gasteiger partial charge in [-0.05, 0) is 57.6 Å². The number of fused-ring (bicyclic) bond motifs is 13. The summed E-state index contributed by atoms with van der Waals surface area (Å²) in [5.74, 6) is 0.751. The van der Waals surface area contributed by atoms with Crippen LogP contribution in [0.2, 0.25) is 0 Å². The summed E-state index contributed by atoms with van der Waals surface area (Å²) in [4.78, 5) is 9.92. The monoisotopic (exact) mass is 667 g/mol. The van der Waals surface area contributed by atoms with Gasteiger partial charge in [-0.1, -0.05) is 133 Å². The quantitative estimate of drug-likeness (QED) is 0.176. The van der Waals surface area contributed by atoms with Gasteiger partial charge in [0.15, 0.2) is 0 Å². The van der Waals surface area contributed by atoms with Gasteiger partial charge in [-0.3, -0.25) is 0 Å². The Kier molecular flexibility index (Phi) is 6.04. The second-order valence-electron chi connectivity index (χ2n) is 13.4. The topological polar surface area (TPSA) is 30.7 Å². The Morgan fingerprint density at radius 1 is 0.510 bits per heavy atom. The highest BCUT2D eigenvalue weighted by molar-refractivity contribution is 7.27. The summed E-state index contributed by atoms with van der Waals surface area (Å²) in [6.07, 6.45) is 2.02.